The van der Waals surface area contributed by atoms with Crippen molar-refractivity contribution in [2.75, 3.05) is 18.8 Å². The number of nitrogens with zero attached hydrogens (tertiary/aromatic N) is 4. The van der Waals surface area contributed by atoms with Gasteiger partial charge >= 0.3 is 6.18 Å². The van der Waals surface area contributed by atoms with Crippen molar-refractivity contribution in [3.8, 4) is 0 Å². The molecule has 10 heteroatoms. The van der Waals surface area contributed by atoms with Gasteiger partial charge in [0.1, 0.15) is 6.33 Å². The zero-order valence-electron chi connectivity index (χ0n) is 15.1. The second kappa shape index (κ2) is 8.34. The van der Waals surface area contributed by atoms with Gasteiger partial charge in [0.05, 0.1) is 11.3 Å². The summed E-state index contributed by atoms with van der Waals surface area (Å²) < 4.78 is 40.4. The molecule has 1 aromatic heterocycles. The van der Waals surface area contributed by atoms with Crippen LogP contribution in [0.25, 0.3) is 0 Å². The number of Topliss-reactive ketones (excluding diaryl/α,β-unsaturated/α-hetero) is 1. The first-order valence-corrected chi connectivity index (χ1v) is 9.70. The van der Waals surface area contributed by atoms with Gasteiger partial charge in [0.25, 0.3) is 0 Å². The molecule has 1 amide bonds. The summed E-state index contributed by atoms with van der Waals surface area (Å²) in [5.41, 5.74) is -0.815. The summed E-state index contributed by atoms with van der Waals surface area (Å²) >= 11 is 1.25. The van der Waals surface area contributed by atoms with Crippen molar-refractivity contribution in [1.82, 2.24) is 19.7 Å². The molecular weight excluding hydrogens is 393 g/mol. The molecule has 150 valence electrons. The van der Waals surface area contributed by atoms with Gasteiger partial charge in [-0.25, -0.2) is 0 Å². The number of halogens is 3. The lowest BCUT2D eigenvalue weighted by atomic mass is 9.89. The van der Waals surface area contributed by atoms with Crippen LogP contribution in [0.3, 0.4) is 0 Å². The SMILES string of the molecule is Cn1cnnc1SCC(=O)N1CCCC(C(=O)c2cccc(C(F)(F)F)c2)C1. The Morgan fingerprint density at radius 1 is 1.32 bits per heavy atom. The number of piperidine rings is 1. The number of carbonyl (C=O) groups excluding carboxylic acids is 2. The van der Waals surface area contributed by atoms with Crippen molar-refractivity contribution in [2.24, 2.45) is 13.0 Å². The number of aromatic nitrogens is 3. The number of rotatable bonds is 5. The lowest BCUT2D eigenvalue weighted by Gasteiger charge is -2.32. The molecule has 0 aliphatic carbocycles. The first-order chi connectivity index (χ1) is 13.3. The molecule has 0 bridgehead atoms. The molecule has 0 saturated carbocycles. The fraction of sp³-hybridized carbons (Fsp3) is 0.444. The van der Waals surface area contributed by atoms with Gasteiger partial charge in [-0.15, -0.1) is 10.2 Å². The Labute approximate surface area is 164 Å². The zero-order chi connectivity index (χ0) is 20.3. The van der Waals surface area contributed by atoms with Gasteiger partial charge in [-0.05, 0) is 25.0 Å². The van der Waals surface area contributed by atoms with E-state index in [4.69, 9.17) is 0 Å². The Morgan fingerprint density at radius 3 is 2.79 bits per heavy atom. The summed E-state index contributed by atoms with van der Waals surface area (Å²) in [6.45, 7) is 0.748. The molecule has 1 atom stereocenters. The van der Waals surface area contributed by atoms with Crippen LogP contribution >= 0.6 is 11.8 Å². The maximum Gasteiger partial charge on any atom is 0.416 e. The second-order valence-corrected chi connectivity index (χ2v) is 7.58. The number of alkyl halides is 3. The Hall–Kier alpha value is -2.36. The minimum absolute atomic E-state index is 0.0302. The van der Waals surface area contributed by atoms with Crippen LogP contribution in [-0.2, 0) is 18.0 Å². The quantitative estimate of drug-likeness (QED) is 0.558. The van der Waals surface area contributed by atoms with Crippen molar-refractivity contribution >= 4 is 23.5 Å². The lowest BCUT2D eigenvalue weighted by molar-refractivity contribution is -0.137. The molecular formula is C18H19F3N4O2S. The Morgan fingerprint density at radius 2 is 2.11 bits per heavy atom. The largest absolute Gasteiger partial charge is 0.416 e. The van der Waals surface area contributed by atoms with Crippen LogP contribution < -0.4 is 0 Å². The Bertz CT molecular complexity index is 869. The molecule has 1 aliphatic heterocycles. The number of likely N-dealkylation sites (tertiary alicyclic amines) is 1. The highest BCUT2D eigenvalue weighted by Gasteiger charge is 2.33. The molecule has 1 fully saturated rings. The molecule has 1 unspecified atom stereocenters. The maximum absolute atomic E-state index is 12.9. The van der Waals surface area contributed by atoms with E-state index in [0.717, 1.165) is 12.1 Å². The fourth-order valence-electron chi connectivity index (χ4n) is 3.12. The number of thioether (sulfide) groups is 1. The minimum Gasteiger partial charge on any atom is -0.341 e. The number of hydrogen-bond donors (Lipinski definition) is 0. The highest BCUT2D eigenvalue weighted by Crippen LogP contribution is 2.31. The van der Waals surface area contributed by atoms with E-state index in [9.17, 15) is 22.8 Å². The van der Waals surface area contributed by atoms with Crippen molar-refractivity contribution in [1.29, 1.82) is 0 Å². The van der Waals surface area contributed by atoms with Crippen molar-refractivity contribution < 1.29 is 22.8 Å². The summed E-state index contributed by atoms with van der Waals surface area (Å²) in [5.74, 6) is -0.822. The van der Waals surface area contributed by atoms with E-state index >= 15 is 0 Å². The standard InChI is InChI=1S/C18H19F3N4O2S/c1-24-11-22-23-17(24)28-10-15(26)25-7-3-5-13(9-25)16(27)12-4-2-6-14(8-12)18(19,20)21/h2,4,6,8,11,13H,3,5,7,9-10H2,1H3. The predicted octanol–water partition coefficient (Wildman–Crippen LogP) is 3.05. The fourth-order valence-corrected chi connectivity index (χ4v) is 3.91. The van der Waals surface area contributed by atoms with Crippen molar-refractivity contribution in [2.45, 2.75) is 24.2 Å². The van der Waals surface area contributed by atoms with Crippen LogP contribution in [0.1, 0.15) is 28.8 Å². The number of benzene rings is 1. The third-order valence-corrected chi connectivity index (χ3v) is 5.63. The van der Waals surface area contributed by atoms with E-state index in [1.165, 1.54) is 30.2 Å². The van der Waals surface area contributed by atoms with Crippen LogP contribution in [0.2, 0.25) is 0 Å². The van der Waals surface area contributed by atoms with E-state index < -0.39 is 17.7 Å². The summed E-state index contributed by atoms with van der Waals surface area (Å²) in [4.78, 5) is 26.8. The number of carbonyl (C=O) groups is 2. The average Bonchev–Trinajstić information content (AvgIpc) is 3.10. The molecule has 28 heavy (non-hydrogen) atoms. The van der Waals surface area contributed by atoms with Gasteiger partial charge in [-0.3, -0.25) is 9.59 Å². The van der Waals surface area contributed by atoms with E-state index in [1.807, 2.05) is 0 Å². The summed E-state index contributed by atoms with van der Waals surface area (Å²) in [6, 6.07) is 4.45. The van der Waals surface area contributed by atoms with Crippen LogP contribution in [0, 0.1) is 5.92 Å². The third-order valence-electron chi connectivity index (χ3n) is 4.61. The van der Waals surface area contributed by atoms with Crippen molar-refractivity contribution in [3.63, 3.8) is 0 Å². The number of ketones is 1. The molecule has 0 N–H and O–H groups in total. The van der Waals surface area contributed by atoms with E-state index in [1.54, 1.807) is 16.5 Å². The number of amides is 1. The monoisotopic (exact) mass is 412 g/mol. The first kappa shape index (κ1) is 20.4. The van der Waals surface area contributed by atoms with Gasteiger partial charge in [0.15, 0.2) is 10.9 Å². The van der Waals surface area contributed by atoms with Gasteiger partial charge in [-0.2, -0.15) is 13.2 Å². The summed E-state index contributed by atoms with van der Waals surface area (Å²) in [5, 5.41) is 8.26. The summed E-state index contributed by atoms with van der Waals surface area (Å²) in [6.07, 6.45) is -1.77. The highest BCUT2D eigenvalue weighted by atomic mass is 32.2. The Balaban J connectivity index is 1.63. The highest BCUT2D eigenvalue weighted by molar-refractivity contribution is 7.99. The number of aryl methyl sites for hydroxylation is 1. The smallest absolute Gasteiger partial charge is 0.341 e. The molecule has 6 nitrogen and oxygen atoms in total. The molecule has 0 radical (unpaired) electrons. The first-order valence-electron chi connectivity index (χ1n) is 8.71. The van der Waals surface area contributed by atoms with Gasteiger partial charge in [-0.1, -0.05) is 23.9 Å². The molecule has 1 aliphatic rings. The molecule has 2 aromatic rings. The molecule has 3 rings (SSSR count). The minimum atomic E-state index is -4.50. The average molecular weight is 412 g/mol. The third kappa shape index (κ3) is 4.73. The molecule has 1 saturated heterocycles. The lowest BCUT2D eigenvalue weighted by Crippen LogP contribution is -2.43. The van der Waals surface area contributed by atoms with Crippen LogP contribution in [0.15, 0.2) is 35.7 Å². The van der Waals surface area contributed by atoms with Gasteiger partial charge in [0, 0.05) is 31.6 Å². The van der Waals surface area contributed by atoms with E-state index in [0.29, 0.717) is 24.5 Å². The van der Waals surface area contributed by atoms with Crippen LogP contribution in [0.4, 0.5) is 13.2 Å². The molecule has 1 aromatic carbocycles. The molecule has 2 heterocycles. The van der Waals surface area contributed by atoms with E-state index in [-0.39, 0.29) is 29.6 Å². The van der Waals surface area contributed by atoms with E-state index in [2.05, 4.69) is 10.2 Å². The predicted molar refractivity (Wildman–Crippen MR) is 96.8 cm³/mol. The van der Waals surface area contributed by atoms with Crippen molar-refractivity contribution in [3.05, 3.63) is 41.7 Å². The molecule has 0 spiro atoms. The van der Waals surface area contributed by atoms with Gasteiger partial charge in [0.2, 0.25) is 5.91 Å². The zero-order valence-corrected chi connectivity index (χ0v) is 16.0. The topological polar surface area (TPSA) is 68.1 Å². The normalized spacial score (nSPS) is 17.6. The van der Waals surface area contributed by atoms with Gasteiger partial charge < -0.3 is 9.47 Å². The van der Waals surface area contributed by atoms with Crippen LogP contribution in [-0.4, -0.2) is 50.2 Å². The Kier molecular flexibility index (Phi) is 6.07. The summed E-state index contributed by atoms with van der Waals surface area (Å²) in [7, 11) is 1.78. The second-order valence-electron chi connectivity index (χ2n) is 6.63. The number of hydrogen-bond acceptors (Lipinski definition) is 5. The van der Waals surface area contributed by atoms with Crippen LogP contribution in [0.5, 0.6) is 0 Å². The maximum atomic E-state index is 12.9.